The predicted octanol–water partition coefficient (Wildman–Crippen LogP) is 5.12. The summed E-state index contributed by atoms with van der Waals surface area (Å²) < 4.78 is 27.2. The molecule has 2 aromatic carbocycles. The number of hydrogen-bond acceptors (Lipinski definition) is 4. The summed E-state index contributed by atoms with van der Waals surface area (Å²) in [5.74, 6) is -0.701. The van der Waals surface area contributed by atoms with Gasteiger partial charge in [0.15, 0.2) is 0 Å². The minimum absolute atomic E-state index is 0.0903. The number of amides is 2. The fourth-order valence-corrected chi connectivity index (χ4v) is 5.80. The third-order valence-electron chi connectivity index (χ3n) is 6.43. The van der Waals surface area contributed by atoms with Gasteiger partial charge in [0, 0.05) is 22.1 Å². The van der Waals surface area contributed by atoms with E-state index in [0.717, 1.165) is 47.1 Å². The molecule has 10 heteroatoms. The quantitative estimate of drug-likeness (QED) is 0.411. The maximum Gasteiger partial charge on any atom is 0.244 e. The van der Waals surface area contributed by atoms with E-state index in [1.54, 1.807) is 42.5 Å². The van der Waals surface area contributed by atoms with Crippen molar-refractivity contribution in [1.29, 1.82) is 0 Å². The number of carbonyl (C=O) groups excluding carboxylic acids is 2. The average Bonchev–Trinajstić information content (AvgIpc) is 2.84. The first-order valence-corrected chi connectivity index (χ1v) is 15.2. The van der Waals surface area contributed by atoms with E-state index in [4.69, 9.17) is 11.6 Å². The summed E-state index contributed by atoms with van der Waals surface area (Å²) in [5.41, 5.74) is 1.05. The molecule has 1 saturated carbocycles. The van der Waals surface area contributed by atoms with Crippen LogP contribution in [0, 0.1) is 0 Å². The fraction of sp³-hybridized carbons (Fsp3) is 0.462. The maximum atomic E-state index is 13.7. The molecule has 0 radical (unpaired) electrons. The smallest absolute Gasteiger partial charge is 0.244 e. The summed E-state index contributed by atoms with van der Waals surface area (Å²) in [7, 11) is -3.77. The Morgan fingerprint density at radius 3 is 2.31 bits per heavy atom. The van der Waals surface area contributed by atoms with Gasteiger partial charge in [-0.3, -0.25) is 13.9 Å². The standard InChI is InChI=1S/C26H33BrClN3O4S/c1-3-24(26(33)29-21-10-5-4-6-11-21)30(17-19-9-7-8-12-23(19)28)25(32)18-31(36(2,34)35)22-15-13-20(27)14-16-22/h7-9,12-16,21,24H,3-6,10-11,17-18H2,1-2H3,(H,29,33)/t24-/m0/s1. The normalized spacial score (nSPS) is 15.2. The van der Waals surface area contributed by atoms with Crippen molar-refractivity contribution in [2.45, 2.75) is 64.1 Å². The van der Waals surface area contributed by atoms with Crippen LogP contribution in [0.15, 0.2) is 53.0 Å². The molecule has 0 saturated heterocycles. The molecule has 0 spiro atoms. The van der Waals surface area contributed by atoms with Crippen LogP contribution in [-0.4, -0.2) is 50.0 Å². The van der Waals surface area contributed by atoms with Gasteiger partial charge in [0.2, 0.25) is 21.8 Å². The SMILES string of the molecule is CC[C@@H](C(=O)NC1CCCCC1)N(Cc1ccccc1Cl)C(=O)CN(c1ccc(Br)cc1)S(C)(=O)=O. The van der Waals surface area contributed by atoms with E-state index in [0.29, 0.717) is 22.7 Å². The van der Waals surface area contributed by atoms with Crippen LogP contribution in [0.5, 0.6) is 0 Å². The molecule has 3 rings (SSSR count). The van der Waals surface area contributed by atoms with Gasteiger partial charge in [-0.05, 0) is 55.2 Å². The molecule has 2 aromatic rings. The second kappa shape index (κ2) is 12.9. The number of sulfonamides is 1. The van der Waals surface area contributed by atoms with E-state index in [1.165, 1.54) is 4.90 Å². The molecule has 0 aliphatic heterocycles. The number of rotatable bonds is 10. The first kappa shape index (κ1) is 28.5. The highest BCUT2D eigenvalue weighted by Crippen LogP contribution is 2.24. The highest BCUT2D eigenvalue weighted by atomic mass is 79.9. The Morgan fingerprint density at radius 1 is 1.08 bits per heavy atom. The Bertz CT molecular complexity index is 1150. The Morgan fingerprint density at radius 2 is 1.72 bits per heavy atom. The Balaban J connectivity index is 1.91. The molecule has 2 amide bonds. The molecule has 1 atom stereocenters. The van der Waals surface area contributed by atoms with Crippen molar-refractivity contribution in [3.05, 3.63) is 63.6 Å². The summed E-state index contributed by atoms with van der Waals surface area (Å²) in [6.07, 6.45) is 6.59. The van der Waals surface area contributed by atoms with Crippen LogP contribution in [0.25, 0.3) is 0 Å². The number of benzene rings is 2. The zero-order valence-electron chi connectivity index (χ0n) is 20.6. The number of anilines is 1. The fourth-order valence-electron chi connectivity index (χ4n) is 4.50. The monoisotopic (exact) mass is 597 g/mol. The summed E-state index contributed by atoms with van der Waals surface area (Å²) >= 11 is 9.74. The zero-order chi connectivity index (χ0) is 26.3. The van der Waals surface area contributed by atoms with Crippen molar-refractivity contribution in [3.8, 4) is 0 Å². The molecule has 1 N–H and O–H groups in total. The molecule has 1 aliphatic carbocycles. The summed E-state index contributed by atoms with van der Waals surface area (Å²) in [5, 5.41) is 3.60. The van der Waals surface area contributed by atoms with E-state index >= 15 is 0 Å². The lowest BCUT2D eigenvalue weighted by atomic mass is 9.95. The minimum Gasteiger partial charge on any atom is -0.352 e. The van der Waals surface area contributed by atoms with Crippen molar-refractivity contribution in [1.82, 2.24) is 10.2 Å². The lowest BCUT2D eigenvalue weighted by Crippen LogP contribution is -2.54. The Kier molecular flexibility index (Phi) is 10.2. The van der Waals surface area contributed by atoms with Crippen LogP contribution in [-0.2, 0) is 26.2 Å². The van der Waals surface area contributed by atoms with Gasteiger partial charge in [-0.15, -0.1) is 0 Å². The molecule has 1 fully saturated rings. The van der Waals surface area contributed by atoms with Crippen LogP contribution in [0.4, 0.5) is 5.69 Å². The molecular weight excluding hydrogens is 566 g/mol. The van der Waals surface area contributed by atoms with E-state index < -0.39 is 28.5 Å². The molecule has 1 aliphatic rings. The number of nitrogens with one attached hydrogen (secondary N) is 1. The van der Waals surface area contributed by atoms with E-state index in [-0.39, 0.29) is 18.5 Å². The van der Waals surface area contributed by atoms with Gasteiger partial charge < -0.3 is 10.2 Å². The largest absolute Gasteiger partial charge is 0.352 e. The lowest BCUT2D eigenvalue weighted by molar-refractivity contribution is -0.140. The van der Waals surface area contributed by atoms with Gasteiger partial charge in [-0.25, -0.2) is 8.42 Å². The van der Waals surface area contributed by atoms with E-state index in [2.05, 4.69) is 21.2 Å². The second-order valence-electron chi connectivity index (χ2n) is 9.13. The highest BCUT2D eigenvalue weighted by molar-refractivity contribution is 9.10. The first-order chi connectivity index (χ1) is 17.1. The summed E-state index contributed by atoms with van der Waals surface area (Å²) in [6.45, 7) is 1.51. The number of hydrogen-bond donors (Lipinski definition) is 1. The minimum atomic E-state index is -3.77. The Labute approximate surface area is 227 Å². The first-order valence-electron chi connectivity index (χ1n) is 12.2. The zero-order valence-corrected chi connectivity index (χ0v) is 23.8. The second-order valence-corrected chi connectivity index (χ2v) is 12.4. The van der Waals surface area contributed by atoms with Gasteiger partial charge in [0.25, 0.3) is 0 Å². The van der Waals surface area contributed by atoms with Crippen molar-refractivity contribution < 1.29 is 18.0 Å². The van der Waals surface area contributed by atoms with Crippen molar-refractivity contribution in [3.63, 3.8) is 0 Å². The topological polar surface area (TPSA) is 86.8 Å². The van der Waals surface area contributed by atoms with Crippen molar-refractivity contribution in [2.75, 3.05) is 17.1 Å². The van der Waals surface area contributed by atoms with Crippen LogP contribution < -0.4 is 9.62 Å². The molecule has 0 unspecified atom stereocenters. The van der Waals surface area contributed by atoms with Crippen LogP contribution in [0.3, 0.4) is 0 Å². The van der Waals surface area contributed by atoms with Gasteiger partial charge in [-0.1, -0.05) is 71.9 Å². The van der Waals surface area contributed by atoms with Crippen molar-refractivity contribution >= 4 is 55.1 Å². The van der Waals surface area contributed by atoms with Gasteiger partial charge in [0.05, 0.1) is 11.9 Å². The molecular formula is C26H33BrClN3O4S. The van der Waals surface area contributed by atoms with Gasteiger partial charge in [0.1, 0.15) is 12.6 Å². The number of carbonyl (C=O) groups is 2. The Hall–Kier alpha value is -2.10. The third kappa shape index (κ3) is 7.70. The molecule has 36 heavy (non-hydrogen) atoms. The van der Waals surface area contributed by atoms with E-state index in [1.807, 2.05) is 13.0 Å². The van der Waals surface area contributed by atoms with Crippen LogP contribution in [0.2, 0.25) is 5.02 Å². The molecule has 196 valence electrons. The molecule has 0 aromatic heterocycles. The molecule has 0 heterocycles. The summed E-state index contributed by atoms with van der Waals surface area (Å²) in [4.78, 5) is 28.6. The van der Waals surface area contributed by atoms with E-state index in [9.17, 15) is 18.0 Å². The lowest BCUT2D eigenvalue weighted by Gasteiger charge is -2.34. The molecule has 7 nitrogen and oxygen atoms in total. The average molecular weight is 599 g/mol. The predicted molar refractivity (Wildman–Crippen MR) is 147 cm³/mol. The maximum absolute atomic E-state index is 13.7. The van der Waals surface area contributed by atoms with Gasteiger partial charge in [-0.2, -0.15) is 0 Å². The highest BCUT2D eigenvalue weighted by Gasteiger charge is 2.33. The number of halogens is 2. The van der Waals surface area contributed by atoms with Gasteiger partial charge >= 0.3 is 0 Å². The number of nitrogens with zero attached hydrogens (tertiary/aromatic N) is 2. The van der Waals surface area contributed by atoms with Crippen molar-refractivity contribution in [2.24, 2.45) is 0 Å². The van der Waals surface area contributed by atoms with Crippen LogP contribution >= 0.6 is 27.5 Å². The summed E-state index contributed by atoms with van der Waals surface area (Å²) in [6, 6.07) is 13.2. The third-order valence-corrected chi connectivity index (χ3v) is 8.47. The molecule has 0 bridgehead atoms. The van der Waals surface area contributed by atoms with Crippen LogP contribution in [0.1, 0.15) is 51.0 Å².